The maximum atomic E-state index is 13.7. The highest BCUT2D eigenvalue weighted by Gasteiger charge is 2.38. The van der Waals surface area contributed by atoms with Gasteiger partial charge in [-0.05, 0) is 62.9 Å². The average Bonchev–Trinajstić information content (AvgIpc) is 3.60. The van der Waals surface area contributed by atoms with Gasteiger partial charge in [-0.15, -0.1) is 0 Å². The van der Waals surface area contributed by atoms with Crippen molar-refractivity contribution in [2.75, 3.05) is 44.6 Å². The lowest BCUT2D eigenvalue weighted by Crippen LogP contribution is -2.52. The maximum Gasteiger partial charge on any atom is 0.435 e. The first-order valence-electron chi connectivity index (χ1n) is 15.6. The molecule has 4 heterocycles. The third-order valence-corrected chi connectivity index (χ3v) is 9.27. The molecule has 246 valence electrons. The number of carbonyl (C=O) groups excluding carboxylic acids is 3. The lowest BCUT2D eigenvalue weighted by Gasteiger charge is -2.37. The normalized spacial score (nSPS) is 17.7. The lowest BCUT2D eigenvalue weighted by molar-refractivity contribution is -0.141. The number of aromatic amines is 2. The van der Waals surface area contributed by atoms with Crippen LogP contribution >= 0.6 is 11.6 Å². The van der Waals surface area contributed by atoms with Crippen LogP contribution in [0.5, 0.6) is 0 Å². The first-order chi connectivity index (χ1) is 22.1. The van der Waals surface area contributed by atoms with Crippen LogP contribution in [0.3, 0.4) is 0 Å². The van der Waals surface area contributed by atoms with E-state index in [0.29, 0.717) is 55.6 Å². The van der Waals surface area contributed by atoms with Crippen LogP contribution in [-0.4, -0.2) is 87.0 Å². The molecule has 3 fully saturated rings. The molecule has 0 bridgehead atoms. The van der Waals surface area contributed by atoms with E-state index in [1.807, 2.05) is 4.90 Å². The monoisotopic (exact) mass is 660 g/mol. The minimum Gasteiger partial charge on any atom is -0.339 e. The zero-order chi connectivity index (χ0) is 32.4. The van der Waals surface area contributed by atoms with Crippen molar-refractivity contribution in [2.45, 2.75) is 51.1 Å². The second-order valence-corrected chi connectivity index (χ2v) is 12.6. The summed E-state index contributed by atoms with van der Waals surface area (Å²) in [6.07, 6.45) is 1.72. The standard InChI is InChI=1S/C31H36ClF3N8O3/c32-24-16-20(4-5-22(24)30(46)43-13-11-42(12-14-43)29(45)19-7-9-36-10-8-19)39-28(44)27-37-17-21(38-27)15-23-25(6-3-18-1-2-18)40-41-26(23)31(33,34)35/h4-5,16-19,36H,1-3,6-15H2,(H,37,38)(H,39,44)(H,40,41). The first kappa shape index (κ1) is 32.0. The molecule has 3 amide bonds. The number of H-pyrrole nitrogens is 2. The Bertz CT molecular complexity index is 1590. The van der Waals surface area contributed by atoms with Gasteiger partial charge in [0.2, 0.25) is 5.91 Å². The van der Waals surface area contributed by atoms with Gasteiger partial charge in [-0.2, -0.15) is 18.3 Å². The van der Waals surface area contributed by atoms with Gasteiger partial charge in [0.25, 0.3) is 11.8 Å². The summed E-state index contributed by atoms with van der Waals surface area (Å²) >= 11 is 6.46. The summed E-state index contributed by atoms with van der Waals surface area (Å²) in [5, 5.41) is 12.2. The molecule has 3 aliphatic rings. The number of anilines is 1. The number of aromatic nitrogens is 4. The largest absolute Gasteiger partial charge is 0.435 e. The number of nitrogens with one attached hydrogen (secondary N) is 4. The number of nitrogens with zero attached hydrogens (tertiary/aromatic N) is 4. The highest BCUT2D eigenvalue weighted by molar-refractivity contribution is 6.34. The van der Waals surface area contributed by atoms with Gasteiger partial charge in [-0.1, -0.05) is 24.4 Å². The average molecular weight is 661 g/mol. The molecule has 0 atom stereocenters. The van der Waals surface area contributed by atoms with E-state index in [0.717, 1.165) is 45.2 Å². The molecule has 1 aliphatic carbocycles. The highest BCUT2D eigenvalue weighted by atomic mass is 35.5. The Morgan fingerprint density at radius 1 is 1.02 bits per heavy atom. The number of piperazine rings is 1. The smallest absolute Gasteiger partial charge is 0.339 e. The van der Waals surface area contributed by atoms with Gasteiger partial charge >= 0.3 is 6.18 Å². The molecule has 0 radical (unpaired) electrons. The van der Waals surface area contributed by atoms with Gasteiger partial charge in [0, 0.05) is 67.4 Å². The van der Waals surface area contributed by atoms with Crippen molar-refractivity contribution in [1.82, 2.24) is 35.3 Å². The summed E-state index contributed by atoms with van der Waals surface area (Å²) in [6, 6.07) is 4.53. The van der Waals surface area contributed by atoms with E-state index in [1.54, 1.807) is 11.0 Å². The Morgan fingerprint density at radius 2 is 1.74 bits per heavy atom. The molecular weight excluding hydrogens is 625 g/mol. The minimum absolute atomic E-state index is 0.0293. The molecule has 2 saturated heterocycles. The predicted octanol–water partition coefficient (Wildman–Crippen LogP) is 4.27. The third kappa shape index (κ3) is 7.38. The van der Waals surface area contributed by atoms with Crippen molar-refractivity contribution in [3.63, 3.8) is 0 Å². The fourth-order valence-corrected chi connectivity index (χ4v) is 6.39. The molecule has 11 nitrogen and oxygen atoms in total. The summed E-state index contributed by atoms with van der Waals surface area (Å²) in [4.78, 5) is 49.4. The van der Waals surface area contributed by atoms with Crippen LogP contribution in [0.25, 0.3) is 0 Å². The zero-order valence-electron chi connectivity index (χ0n) is 25.2. The van der Waals surface area contributed by atoms with E-state index >= 15 is 0 Å². The van der Waals surface area contributed by atoms with E-state index in [-0.39, 0.29) is 46.1 Å². The number of aryl methyl sites for hydroxylation is 1. The maximum absolute atomic E-state index is 13.7. The molecule has 6 rings (SSSR count). The van der Waals surface area contributed by atoms with E-state index in [4.69, 9.17) is 11.6 Å². The Morgan fingerprint density at radius 3 is 2.41 bits per heavy atom. The molecule has 2 aliphatic heterocycles. The van der Waals surface area contributed by atoms with Gasteiger partial charge in [0.1, 0.15) is 0 Å². The fraction of sp³-hybridized carbons (Fsp3) is 0.516. The van der Waals surface area contributed by atoms with Crippen LogP contribution in [0.4, 0.5) is 18.9 Å². The van der Waals surface area contributed by atoms with Gasteiger partial charge in [0.15, 0.2) is 11.5 Å². The second kappa shape index (κ2) is 13.4. The van der Waals surface area contributed by atoms with Crippen molar-refractivity contribution in [1.29, 1.82) is 0 Å². The Labute approximate surface area is 268 Å². The van der Waals surface area contributed by atoms with Crippen molar-refractivity contribution in [3.8, 4) is 0 Å². The molecule has 4 N–H and O–H groups in total. The number of halogens is 4. The Hall–Kier alpha value is -3.91. The minimum atomic E-state index is -4.61. The number of imidazole rings is 1. The van der Waals surface area contributed by atoms with E-state index in [1.165, 1.54) is 18.3 Å². The third-order valence-electron chi connectivity index (χ3n) is 8.96. The number of piperidine rings is 1. The van der Waals surface area contributed by atoms with Crippen LogP contribution < -0.4 is 10.6 Å². The number of hydrogen-bond acceptors (Lipinski definition) is 6. The molecule has 2 aromatic heterocycles. The number of hydrogen-bond donors (Lipinski definition) is 4. The molecular formula is C31H36ClF3N8O3. The zero-order valence-corrected chi connectivity index (χ0v) is 25.9. The van der Waals surface area contributed by atoms with Crippen molar-refractivity contribution in [2.24, 2.45) is 11.8 Å². The van der Waals surface area contributed by atoms with E-state index in [9.17, 15) is 27.6 Å². The molecule has 1 saturated carbocycles. The Balaban J connectivity index is 1.05. The first-order valence-corrected chi connectivity index (χ1v) is 16.0. The van der Waals surface area contributed by atoms with Crippen LogP contribution in [0.15, 0.2) is 24.4 Å². The SMILES string of the molecule is O=C(Nc1ccc(C(=O)N2CCN(C(=O)C3CCNCC3)CC2)c(Cl)c1)c1ncc(Cc2c(C(F)(F)F)n[nH]c2CCC2CC2)[nH]1. The molecule has 46 heavy (non-hydrogen) atoms. The van der Waals surface area contributed by atoms with Crippen LogP contribution in [-0.2, 0) is 23.8 Å². The second-order valence-electron chi connectivity index (χ2n) is 12.2. The fourth-order valence-electron chi connectivity index (χ4n) is 6.13. The number of carbonyl (C=O) groups is 3. The predicted molar refractivity (Wildman–Crippen MR) is 164 cm³/mol. The number of amides is 3. The van der Waals surface area contributed by atoms with Crippen LogP contribution in [0.2, 0.25) is 5.02 Å². The quantitative estimate of drug-likeness (QED) is 0.270. The number of rotatable bonds is 9. The summed E-state index contributed by atoms with van der Waals surface area (Å²) in [5.41, 5.74) is 0.453. The Kier molecular flexibility index (Phi) is 9.37. The van der Waals surface area contributed by atoms with E-state index in [2.05, 4.69) is 30.8 Å². The van der Waals surface area contributed by atoms with Gasteiger partial charge in [-0.25, -0.2) is 4.98 Å². The van der Waals surface area contributed by atoms with Crippen molar-refractivity contribution < 1.29 is 27.6 Å². The van der Waals surface area contributed by atoms with Crippen LogP contribution in [0.1, 0.15) is 75.7 Å². The number of benzene rings is 1. The molecule has 3 aromatic rings. The van der Waals surface area contributed by atoms with Gasteiger partial charge < -0.3 is 25.4 Å². The summed E-state index contributed by atoms with van der Waals surface area (Å²) in [7, 11) is 0. The molecule has 1 aromatic carbocycles. The van der Waals surface area contributed by atoms with Gasteiger partial charge in [-0.3, -0.25) is 19.5 Å². The van der Waals surface area contributed by atoms with E-state index < -0.39 is 17.8 Å². The lowest BCUT2D eigenvalue weighted by atomic mass is 9.96. The molecule has 15 heteroatoms. The van der Waals surface area contributed by atoms with Crippen molar-refractivity contribution in [3.05, 3.63) is 63.5 Å². The summed E-state index contributed by atoms with van der Waals surface area (Å²) in [5.74, 6) is -0.238. The molecule has 0 spiro atoms. The highest BCUT2D eigenvalue weighted by Crippen LogP contribution is 2.36. The number of alkyl halides is 3. The van der Waals surface area contributed by atoms with Crippen LogP contribution in [0, 0.1) is 11.8 Å². The summed E-state index contributed by atoms with van der Waals surface area (Å²) in [6.45, 7) is 3.40. The van der Waals surface area contributed by atoms with Gasteiger partial charge in [0.05, 0.1) is 10.6 Å². The topological polar surface area (TPSA) is 139 Å². The van der Waals surface area contributed by atoms with Crippen molar-refractivity contribution >= 4 is 35.0 Å². The molecule has 0 unspecified atom stereocenters. The summed E-state index contributed by atoms with van der Waals surface area (Å²) < 4.78 is 41.0.